The Kier molecular flexibility index (Phi) is 6.59. The quantitative estimate of drug-likeness (QED) is 0.272. The number of pyridine rings is 1. The third kappa shape index (κ3) is 5.13. The monoisotopic (exact) mass is 582 g/mol. The summed E-state index contributed by atoms with van der Waals surface area (Å²) in [6, 6.07) is 8.00. The number of benzene rings is 1. The molecular weight excluding hydrogens is 550 g/mol. The molecule has 1 aromatic carbocycles. The van der Waals surface area contributed by atoms with Crippen LogP contribution in [-0.2, 0) is 0 Å². The van der Waals surface area contributed by atoms with Gasteiger partial charge in [0.1, 0.15) is 24.0 Å². The second-order valence-electron chi connectivity index (χ2n) is 12.2. The Hall–Kier alpha value is -4.26. The third-order valence-electron chi connectivity index (χ3n) is 7.96. The molecule has 13 heteroatoms. The van der Waals surface area contributed by atoms with Gasteiger partial charge in [-0.25, -0.2) is 9.20 Å². The van der Waals surface area contributed by atoms with Crippen molar-refractivity contribution in [2.45, 2.75) is 70.8 Å². The number of carbonyl (C=O) groups excluding carboxylic acids is 2. The van der Waals surface area contributed by atoms with Crippen molar-refractivity contribution >= 4 is 28.2 Å². The maximum Gasteiger partial charge on any atom is 0.333 e. The SMILES string of the molecule is Cc1ccc2c(C(N)=O)c(OC3CC4(CC(NC(=O)c5nn(C(F)F)c6cc(OCC(C)(C)O)ccc56)C4)C3)nn2c1. The first-order valence-electron chi connectivity index (χ1n) is 13.7. The summed E-state index contributed by atoms with van der Waals surface area (Å²) in [4.78, 5) is 25.2. The van der Waals surface area contributed by atoms with E-state index in [1.807, 2.05) is 13.0 Å². The van der Waals surface area contributed by atoms with Gasteiger partial charge >= 0.3 is 6.55 Å². The Labute approximate surface area is 239 Å². The topological polar surface area (TPSA) is 146 Å². The molecule has 3 heterocycles. The molecule has 11 nitrogen and oxygen atoms in total. The van der Waals surface area contributed by atoms with Crippen LogP contribution >= 0.6 is 0 Å². The van der Waals surface area contributed by atoms with Crippen LogP contribution < -0.4 is 20.5 Å². The number of amides is 2. The Morgan fingerprint density at radius 2 is 1.90 bits per heavy atom. The molecule has 0 radical (unpaired) electrons. The van der Waals surface area contributed by atoms with Gasteiger partial charge in [0, 0.05) is 23.7 Å². The van der Waals surface area contributed by atoms with Crippen molar-refractivity contribution < 1.29 is 33.0 Å². The fourth-order valence-electron chi connectivity index (χ4n) is 6.05. The first kappa shape index (κ1) is 27.9. The van der Waals surface area contributed by atoms with Crippen molar-refractivity contribution in [1.29, 1.82) is 0 Å². The number of hydrogen-bond acceptors (Lipinski definition) is 7. The number of nitrogens with one attached hydrogen (secondary N) is 1. The number of aromatic nitrogens is 4. The number of rotatable bonds is 9. The van der Waals surface area contributed by atoms with Crippen molar-refractivity contribution in [3.8, 4) is 11.6 Å². The highest BCUT2D eigenvalue weighted by atomic mass is 19.3. The van der Waals surface area contributed by atoms with E-state index in [-0.39, 0.29) is 58.0 Å². The molecule has 6 rings (SSSR count). The van der Waals surface area contributed by atoms with E-state index in [2.05, 4.69) is 15.5 Å². The van der Waals surface area contributed by atoms with Gasteiger partial charge in [-0.15, -0.1) is 5.10 Å². The lowest BCUT2D eigenvalue weighted by atomic mass is 9.53. The molecule has 42 heavy (non-hydrogen) atoms. The second-order valence-corrected chi connectivity index (χ2v) is 12.2. The maximum atomic E-state index is 13.8. The van der Waals surface area contributed by atoms with Gasteiger partial charge in [0.25, 0.3) is 11.8 Å². The molecule has 222 valence electrons. The molecule has 3 aromatic heterocycles. The summed E-state index contributed by atoms with van der Waals surface area (Å²) in [6.07, 6.45) is 4.57. The zero-order chi connectivity index (χ0) is 30.0. The number of nitrogens with zero attached hydrogens (tertiary/aromatic N) is 4. The zero-order valence-corrected chi connectivity index (χ0v) is 23.4. The maximum absolute atomic E-state index is 13.8. The van der Waals surface area contributed by atoms with Gasteiger partial charge in [0.2, 0.25) is 5.88 Å². The normalized spacial score (nSPS) is 21.9. The van der Waals surface area contributed by atoms with Crippen LogP contribution in [0.25, 0.3) is 16.4 Å². The average molecular weight is 583 g/mol. The predicted molar refractivity (Wildman–Crippen MR) is 148 cm³/mol. The van der Waals surface area contributed by atoms with Gasteiger partial charge in [0.15, 0.2) is 5.69 Å². The number of hydrogen-bond donors (Lipinski definition) is 3. The highest BCUT2D eigenvalue weighted by Gasteiger charge is 2.54. The van der Waals surface area contributed by atoms with E-state index in [0.717, 1.165) is 18.4 Å². The van der Waals surface area contributed by atoms with Crippen molar-refractivity contribution in [2.24, 2.45) is 11.1 Å². The van der Waals surface area contributed by atoms with Crippen LogP contribution in [0.3, 0.4) is 0 Å². The first-order valence-corrected chi connectivity index (χ1v) is 13.7. The molecule has 2 amide bonds. The number of aliphatic hydroxyl groups is 1. The van der Waals surface area contributed by atoms with E-state index >= 15 is 0 Å². The van der Waals surface area contributed by atoms with E-state index in [1.54, 1.807) is 36.7 Å². The summed E-state index contributed by atoms with van der Waals surface area (Å²) >= 11 is 0. The van der Waals surface area contributed by atoms with Crippen LogP contribution in [0.1, 0.15) is 72.5 Å². The van der Waals surface area contributed by atoms with Crippen LogP contribution in [0.2, 0.25) is 0 Å². The number of fused-ring (bicyclic) bond motifs is 2. The molecule has 0 atom stereocenters. The largest absolute Gasteiger partial charge is 0.491 e. The lowest BCUT2D eigenvalue weighted by Crippen LogP contribution is -2.58. The van der Waals surface area contributed by atoms with Crippen molar-refractivity contribution in [3.05, 3.63) is 53.3 Å². The Morgan fingerprint density at radius 1 is 1.17 bits per heavy atom. The van der Waals surface area contributed by atoms with Gasteiger partial charge in [-0.3, -0.25) is 9.59 Å². The van der Waals surface area contributed by atoms with Crippen molar-refractivity contribution in [2.75, 3.05) is 6.61 Å². The minimum atomic E-state index is -2.95. The molecule has 0 bridgehead atoms. The summed E-state index contributed by atoms with van der Waals surface area (Å²) in [5.74, 6) is -0.637. The highest BCUT2D eigenvalue weighted by Crippen LogP contribution is 2.57. The number of nitrogens with two attached hydrogens (primary N) is 1. The number of ether oxygens (including phenoxy) is 2. The molecule has 1 spiro atoms. The van der Waals surface area contributed by atoms with Gasteiger partial charge in [-0.05, 0) is 75.6 Å². The second kappa shape index (κ2) is 9.93. The number of carbonyl (C=O) groups is 2. The zero-order valence-electron chi connectivity index (χ0n) is 23.4. The Morgan fingerprint density at radius 3 is 2.57 bits per heavy atom. The molecule has 2 aliphatic rings. The Bertz CT molecular complexity index is 1690. The molecule has 0 aliphatic heterocycles. The Balaban J connectivity index is 1.08. The molecular formula is C29H32F2N6O5. The van der Waals surface area contributed by atoms with Gasteiger partial charge in [0.05, 0.1) is 16.6 Å². The smallest absolute Gasteiger partial charge is 0.333 e. The van der Waals surface area contributed by atoms with Crippen molar-refractivity contribution in [1.82, 2.24) is 24.7 Å². The van der Waals surface area contributed by atoms with Crippen LogP contribution in [0.15, 0.2) is 36.5 Å². The van der Waals surface area contributed by atoms with Crippen molar-refractivity contribution in [3.63, 3.8) is 0 Å². The first-order chi connectivity index (χ1) is 19.8. The van der Waals surface area contributed by atoms with E-state index < -0.39 is 24.0 Å². The highest BCUT2D eigenvalue weighted by molar-refractivity contribution is 6.05. The van der Waals surface area contributed by atoms with Crippen LogP contribution in [0, 0.1) is 12.3 Å². The molecule has 2 aliphatic carbocycles. The van der Waals surface area contributed by atoms with E-state index in [4.69, 9.17) is 15.2 Å². The fourth-order valence-corrected chi connectivity index (χ4v) is 6.05. The number of halogens is 2. The van der Waals surface area contributed by atoms with E-state index in [0.29, 0.717) is 23.0 Å². The minimum absolute atomic E-state index is 0.00235. The molecule has 0 unspecified atom stereocenters. The number of primary amides is 1. The predicted octanol–water partition coefficient (Wildman–Crippen LogP) is 3.76. The molecule has 0 saturated heterocycles. The van der Waals surface area contributed by atoms with Crippen LogP contribution in [0.4, 0.5) is 8.78 Å². The van der Waals surface area contributed by atoms with Gasteiger partial charge in [-0.2, -0.15) is 13.9 Å². The number of alkyl halides is 2. The fraction of sp³-hybridized carbons (Fsp3) is 0.448. The molecule has 4 N–H and O–H groups in total. The molecule has 4 aromatic rings. The standard InChI is InChI=1S/C29H32F2N6O5/c1-15-4-7-20-22(24(32)38)26(35-36(20)13-15)42-18-11-29(12-18)9-16(10-29)33-25(39)23-19-6-5-17(41-14-28(2,3)40)8-21(19)37(34-23)27(30)31/h4-8,13,16,18,27,40H,9-12,14H2,1-3H3,(H2,32,38)(H,33,39). The molecule has 2 fully saturated rings. The van der Waals surface area contributed by atoms with Gasteiger partial charge < -0.3 is 25.6 Å². The summed E-state index contributed by atoms with van der Waals surface area (Å²) in [6.45, 7) is 2.08. The van der Waals surface area contributed by atoms with Crippen LogP contribution in [-0.4, -0.2) is 60.7 Å². The number of aryl methyl sites for hydroxylation is 1. The summed E-state index contributed by atoms with van der Waals surface area (Å²) in [7, 11) is 0. The average Bonchev–Trinajstić information content (AvgIpc) is 3.42. The van der Waals surface area contributed by atoms with E-state index in [1.165, 1.54) is 12.1 Å². The van der Waals surface area contributed by atoms with Gasteiger partial charge in [-0.1, -0.05) is 6.07 Å². The summed E-state index contributed by atoms with van der Waals surface area (Å²) in [5.41, 5.74) is 6.30. The lowest BCUT2D eigenvalue weighted by molar-refractivity contribution is -0.0848. The van der Waals surface area contributed by atoms with Crippen LogP contribution in [0.5, 0.6) is 11.6 Å². The summed E-state index contributed by atoms with van der Waals surface area (Å²) < 4.78 is 41.2. The lowest BCUT2D eigenvalue weighted by Gasteiger charge is -2.57. The molecule has 2 saturated carbocycles. The third-order valence-corrected chi connectivity index (χ3v) is 7.96. The minimum Gasteiger partial charge on any atom is -0.491 e. The van der Waals surface area contributed by atoms with E-state index in [9.17, 15) is 23.5 Å². The summed E-state index contributed by atoms with van der Waals surface area (Å²) in [5, 5.41) is 21.4.